The summed E-state index contributed by atoms with van der Waals surface area (Å²) in [5.74, 6) is 0.582. The van der Waals surface area contributed by atoms with Gasteiger partial charge in [-0.25, -0.2) is 4.79 Å². The van der Waals surface area contributed by atoms with Crippen LogP contribution in [0.2, 0.25) is 0 Å². The van der Waals surface area contributed by atoms with Gasteiger partial charge in [0.15, 0.2) is 0 Å². The number of phenolic OH excluding ortho intramolecular Hbond substituents is 1. The van der Waals surface area contributed by atoms with E-state index in [1.807, 2.05) is 31.2 Å². The molecule has 0 spiro atoms. The zero-order valence-corrected chi connectivity index (χ0v) is 30.1. The molecule has 3 aromatic rings. The van der Waals surface area contributed by atoms with Gasteiger partial charge in [-0.3, -0.25) is 4.99 Å². The van der Waals surface area contributed by atoms with E-state index in [0.717, 1.165) is 36.8 Å². The molecule has 0 fully saturated rings. The highest BCUT2D eigenvalue weighted by Crippen LogP contribution is 2.46. The maximum atomic E-state index is 13.4. The molecule has 0 aliphatic rings. The Balaban J connectivity index is 2.38. The lowest BCUT2D eigenvalue weighted by molar-refractivity contribution is 0.0519. The van der Waals surface area contributed by atoms with E-state index in [-0.39, 0.29) is 22.1 Å². The van der Waals surface area contributed by atoms with E-state index in [1.165, 1.54) is 31.5 Å². The molecule has 0 bridgehead atoms. The first kappa shape index (κ1) is 37.6. The predicted octanol–water partition coefficient (Wildman–Crippen LogP) is 8.88. The molecular formula is C40H55NO6. The van der Waals surface area contributed by atoms with Crippen molar-refractivity contribution in [2.45, 2.75) is 110 Å². The highest BCUT2D eigenvalue weighted by molar-refractivity contribution is 5.93. The standard InChI is InChI=1S/C40H55NO6/c1-11-13-21-46-35-19-16-30(38(4,5)6)24-32(35)40(44,27(3)41-26-29-23-28(37(43)45-10)15-18-34(29)42)33-25-31(39(7,8)9)17-20-36(33)47-22-14-12-2/h15-20,23-27,42,44H,11-14,21-22H2,1-10H3/t27-/m1/s1. The number of nitrogens with zero attached hydrogens (tertiary/aromatic N) is 1. The Kier molecular flexibility index (Phi) is 12.7. The van der Waals surface area contributed by atoms with E-state index in [2.05, 4.69) is 67.5 Å². The maximum absolute atomic E-state index is 13.4. The van der Waals surface area contributed by atoms with Gasteiger partial charge in [-0.05, 0) is 84.2 Å². The number of rotatable bonds is 14. The summed E-state index contributed by atoms with van der Waals surface area (Å²) in [7, 11) is 1.31. The molecule has 47 heavy (non-hydrogen) atoms. The van der Waals surface area contributed by atoms with Crippen LogP contribution in [0.3, 0.4) is 0 Å². The third-order valence-corrected chi connectivity index (χ3v) is 8.51. The minimum Gasteiger partial charge on any atom is -0.507 e. The second kappa shape index (κ2) is 15.8. The number of carbonyl (C=O) groups is 1. The number of phenols is 1. The van der Waals surface area contributed by atoms with Crippen LogP contribution in [0.15, 0.2) is 59.6 Å². The van der Waals surface area contributed by atoms with E-state index in [9.17, 15) is 15.0 Å². The van der Waals surface area contributed by atoms with Crippen molar-refractivity contribution in [3.05, 3.63) is 88.0 Å². The summed E-state index contributed by atoms with van der Waals surface area (Å²) < 4.78 is 17.7. The summed E-state index contributed by atoms with van der Waals surface area (Å²) in [4.78, 5) is 17.1. The van der Waals surface area contributed by atoms with Crippen molar-refractivity contribution < 1.29 is 29.2 Å². The van der Waals surface area contributed by atoms with Crippen molar-refractivity contribution in [3.63, 3.8) is 0 Å². The minimum absolute atomic E-state index is 0.0474. The van der Waals surface area contributed by atoms with Crippen molar-refractivity contribution in [2.24, 2.45) is 4.99 Å². The largest absolute Gasteiger partial charge is 0.507 e. The second-order valence-electron chi connectivity index (χ2n) is 14.3. The van der Waals surface area contributed by atoms with E-state index in [0.29, 0.717) is 41.4 Å². The van der Waals surface area contributed by atoms with Gasteiger partial charge in [-0.2, -0.15) is 0 Å². The molecule has 3 aromatic carbocycles. The van der Waals surface area contributed by atoms with E-state index in [1.54, 1.807) is 0 Å². The SMILES string of the molecule is CCCCOc1ccc(C(C)(C)C)cc1C(O)(c1cc(C(C)(C)C)ccc1OCCCC)[C@@H](C)N=Cc1cc(C(=O)OC)ccc1O. The zero-order valence-electron chi connectivity index (χ0n) is 30.1. The normalized spacial score (nSPS) is 13.1. The lowest BCUT2D eigenvalue weighted by atomic mass is 9.75. The molecule has 0 unspecified atom stereocenters. The van der Waals surface area contributed by atoms with Gasteiger partial charge in [-0.1, -0.05) is 80.4 Å². The molecule has 0 amide bonds. The van der Waals surface area contributed by atoms with Gasteiger partial charge in [0.2, 0.25) is 0 Å². The van der Waals surface area contributed by atoms with Crippen molar-refractivity contribution in [2.75, 3.05) is 20.3 Å². The van der Waals surface area contributed by atoms with Crippen LogP contribution in [0.5, 0.6) is 17.2 Å². The van der Waals surface area contributed by atoms with E-state index in [4.69, 9.17) is 19.2 Å². The van der Waals surface area contributed by atoms with Crippen LogP contribution >= 0.6 is 0 Å². The summed E-state index contributed by atoms with van der Waals surface area (Å²) >= 11 is 0. The number of ether oxygens (including phenoxy) is 3. The molecule has 0 heterocycles. The Morgan fingerprint density at radius 3 is 1.72 bits per heavy atom. The molecule has 0 saturated heterocycles. The fourth-order valence-electron chi connectivity index (χ4n) is 5.29. The Labute approximate surface area is 282 Å². The average Bonchev–Trinajstić information content (AvgIpc) is 3.02. The molecule has 0 saturated carbocycles. The molecule has 2 N–H and O–H groups in total. The summed E-state index contributed by atoms with van der Waals surface area (Å²) in [6.45, 7) is 19.9. The van der Waals surface area contributed by atoms with Gasteiger partial charge in [0.05, 0.1) is 31.9 Å². The first-order chi connectivity index (χ1) is 22.1. The number of aromatic hydroxyl groups is 1. The van der Waals surface area contributed by atoms with Crippen LogP contribution in [-0.2, 0) is 21.2 Å². The molecule has 3 rings (SSSR count). The van der Waals surface area contributed by atoms with Crippen LogP contribution in [0.4, 0.5) is 0 Å². The number of aliphatic hydroxyl groups is 1. The number of esters is 1. The van der Waals surface area contributed by atoms with Crippen LogP contribution in [0.1, 0.15) is 126 Å². The number of aliphatic imine (C=N–C) groups is 1. The van der Waals surface area contributed by atoms with Crippen LogP contribution in [-0.4, -0.2) is 48.8 Å². The Morgan fingerprint density at radius 2 is 1.30 bits per heavy atom. The van der Waals surface area contributed by atoms with E-state index < -0.39 is 17.6 Å². The molecule has 0 aromatic heterocycles. The first-order valence-corrected chi connectivity index (χ1v) is 16.8. The summed E-state index contributed by atoms with van der Waals surface area (Å²) in [5, 5.41) is 24.1. The van der Waals surface area contributed by atoms with Gasteiger partial charge >= 0.3 is 5.97 Å². The lowest BCUT2D eigenvalue weighted by Crippen LogP contribution is -2.39. The minimum atomic E-state index is -1.72. The third-order valence-electron chi connectivity index (χ3n) is 8.51. The fraction of sp³-hybridized carbons (Fsp3) is 0.500. The molecule has 1 atom stereocenters. The monoisotopic (exact) mass is 645 g/mol. The molecule has 7 heteroatoms. The van der Waals surface area contributed by atoms with Gasteiger partial charge in [0, 0.05) is 22.9 Å². The van der Waals surface area contributed by atoms with E-state index >= 15 is 0 Å². The number of hydrogen-bond acceptors (Lipinski definition) is 7. The smallest absolute Gasteiger partial charge is 0.337 e. The van der Waals surface area contributed by atoms with Gasteiger partial charge in [0.25, 0.3) is 0 Å². The lowest BCUT2D eigenvalue weighted by Gasteiger charge is -2.37. The Morgan fingerprint density at radius 1 is 0.809 bits per heavy atom. The first-order valence-electron chi connectivity index (χ1n) is 16.8. The van der Waals surface area contributed by atoms with Crippen LogP contribution in [0, 0.1) is 0 Å². The Bertz CT molecular complexity index is 1460. The number of carbonyl (C=O) groups excluding carboxylic acids is 1. The number of hydrogen-bond donors (Lipinski definition) is 2. The molecular weight excluding hydrogens is 590 g/mol. The van der Waals surface area contributed by atoms with Crippen molar-refractivity contribution >= 4 is 12.2 Å². The quantitative estimate of drug-likeness (QED) is 0.103. The van der Waals surface area contributed by atoms with Crippen LogP contribution < -0.4 is 9.47 Å². The highest BCUT2D eigenvalue weighted by Gasteiger charge is 2.43. The summed E-state index contributed by atoms with van der Waals surface area (Å²) in [5.41, 5.74) is 1.71. The summed E-state index contributed by atoms with van der Waals surface area (Å²) in [6.07, 6.45) is 5.17. The molecule has 0 radical (unpaired) electrons. The molecule has 0 aliphatic carbocycles. The molecule has 256 valence electrons. The average molecular weight is 646 g/mol. The maximum Gasteiger partial charge on any atom is 0.337 e. The zero-order chi connectivity index (χ0) is 35.0. The fourth-order valence-corrected chi connectivity index (χ4v) is 5.29. The van der Waals surface area contributed by atoms with Gasteiger partial charge in [0.1, 0.15) is 22.8 Å². The third kappa shape index (κ3) is 9.16. The topological polar surface area (TPSA) is 97.6 Å². The summed E-state index contributed by atoms with van der Waals surface area (Å²) in [6, 6.07) is 15.7. The number of methoxy groups -OCH3 is 1. The van der Waals surface area contributed by atoms with Crippen LogP contribution in [0.25, 0.3) is 0 Å². The number of benzene rings is 3. The van der Waals surface area contributed by atoms with Gasteiger partial charge < -0.3 is 24.4 Å². The van der Waals surface area contributed by atoms with Crippen molar-refractivity contribution in [3.8, 4) is 17.2 Å². The van der Waals surface area contributed by atoms with Crippen molar-refractivity contribution in [1.29, 1.82) is 0 Å². The molecule has 7 nitrogen and oxygen atoms in total. The van der Waals surface area contributed by atoms with Crippen molar-refractivity contribution in [1.82, 2.24) is 0 Å². The second-order valence-corrected chi connectivity index (χ2v) is 14.3. The predicted molar refractivity (Wildman–Crippen MR) is 191 cm³/mol. The number of unbranched alkanes of at least 4 members (excludes halogenated alkanes) is 2. The van der Waals surface area contributed by atoms with Gasteiger partial charge in [-0.15, -0.1) is 0 Å². The highest BCUT2D eigenvalue weighted by atomic mass is 16.5. The Hall–Kier alpha value is -3.84. The molecule has 0 aliphatic heterocycles.